The molecule has 0 bridgehead atoms. The van der Waals surface area contributed by atoms with Crippen LogP contribution in [0.3, 0.4) is 0 Å². The number of rotatable bonds is 8. The maximum absolute atomic E-state index is 11.7. The lowest BCUT2D eigenvalue weighted by Crippen LogP contribution is -2.01. The Morgan fingerprint density at radius 2 is 1.80 bits per heavy atom. The number of hydrogen-bond donors (Lipinski definition) is 1. The smallest absolute Gasteiger partial charge is 0.336 e. The molecule has 132 valence electrons. The highest BCUT2D eigenvalue weighted by Crippen LogP contribution is 2.26. The Morgan fingerprint density at radius 1 is 1.08 bits per heavy atom. The van der Waals surface area contributed by atoms with Crippen LogP contribution in [-0.2, 0) is 4.79 Å². The monoisotopic (exact) mass is 340 g/mol. The predicted molar refractivity (Wildman–Crippen MR) is 100 cm³/mol. The fourth-order valence-electron chi connectivity index (χ4n) is 2.45. The highest BCUT2D eigenvalue weighted by molar-refractivity contribution is 6.20. The van der Waals surface area contributed by atoms with Gasteiger partial charge in [-0.1, -0.05) is 25.1 Å². The van der Waals surface area contributed by atoms with Crippen LogP contribution in [0.4, 0.5) is 0 Å². The number of aryl methyl sites for hydroxylation is 1. The number of hydrogen-bond acceptors (Lipinski definition) is 3. The van der Waals surface area contributed by atoms with Gasteiger partial charge >= 0.3 is 5.97 Å². The first kappa shape index (κ1) is 18.6. The Labute approximate surface area is 148 Å². The van der Waals surface area contributed by atoms with Crippen LogP contribution in [0.1, 0.15) is 37.0 Å². The minimum atomic E-state index is -0.963. The fourth-order valence-corrected chi connectivity index (χ4v) is 2.45. The van der Waals surface area contributed by atoms with Gasteiger partial charge < -0.3 is 14.6 Å². The van der Waals surface area contributed by atoms with Gasteiger partial charge in [-0.15, -0.1) is 0 Å². The van der Waals surface area contributed by atoms with E-state index in [-0.39, 0.29) is 5.57 Å². The van der Waals surface area contributed by atoms with Crippen molar-refractivity contribution < 1.29 is 19.4 Å². The van der Waals surface area contributed by atoms with Crippen molar-refractivity contribution in [2.75, 3.05) is 13.2 Å². The summed E-state index contributed by atoms with van der Waals surface area (Å²) in [5, 5.41) is 9.60. The van der Waals surface area contributed by atoms with Crippen molar-refractivity contribution in [1.82, 2.24) is 0 Å². The lowest BCUT2D eigenvalue weighted by atomic mass is 10.0. The molecular weight excluding hydrogens is 316 g/mol. The Balaban J connectivity index is 2.29. The van der Waals surface area contributed by atoms with Gasteiger partial charge in [0.05, 0.1) is 18.8 Å². The molecule has 25 heavy (non-hydrogen) atoms. The highest BCUT2D eigenvalue weighted by Gasteiger charge is 2.12. The van der Waals surface area contributed by atoms with Gasteiger partial charge in [0.1, 0.15) is 11.5 Å². The van der Waals surface area contributed by atoms with Crippen molar-refractivity contribution in [3.63, 3.8) is 0 Å². The normalized spacial score (nSPS) is 11.2. The van der Waals surface area contributed by atoms with Crippen LogP contribution in [0.25, 0.3) is 11.6 Å². The molecule has 0 saturated heterocycles. The first-order valence-electron chi connectivity index (χ1n) is 8.46. The van der Waals surface area contributed by atoms with Crippen molar-refractivity contribution in [2.45, 2.75) is 27.2 Å². The maximum atomic E-state index is 11.7. The van der Waals surface area contributed by atoms with Crippen molar-refractivity contribution in [1.29, 1.82) is 0 Å². The van der Waals surface area contributed by atoms with E-state index in [9.17, 15) is 9.90 Å². The molecule has 1 N–H and O–H groups in total. The molecule has 0 aliphatic rings. The third kappa shape index (κ3) is 5.11. The molecule has 0 fully saturated rings. The molecule has 2 aromatic rings. The molecule has 4 nitrogen and oxygen atoms in total. The molecule has 0 saturated carbocycles. The standard InChI is InChI=1S/C21H24O4/c1-4-12-25-18-9-6-16(7-10-18)14-19(21(22)23)17-8-11-20(24-5-2)15(3)13-17/h6-11,13-14H,4-5,12H2,1-3H3,(H,22,23)/b19-14-. The van der Waals surface area contributed by atoms with E-state index in [4.69, 9.17) is 9.47 Å². The summed E-state index contributed by atoms with van der Waals surface area (Å²) in [6.45, 7) is 7.13. The maximum Gasteiger partial charge on any atom is 0.336 e. The lowest BCUT2D eigenvalue weighted by Gasteiger charge is -2.10. The average Bonchev–Trinajstić information content (AvgIpc) is 2.60. The van der Waals surface area contributed by atoms with Gasteiger partial charge in [0, 0.05) is 0 Å². The number of carboxylic acid groups (broad SMARTS) is 1. The zero-order valence-electron chi connectivity index (χ0n) is 14.9. The summed E-state index contributed by atoms with van der Waals surface area (Å²) in [5.41, 5.74) is 2.62. The van der Waals surface area contributed by atoms with Crippen LogP contribution < -0.4 is 9.47 Å². The van der Waals surface area contributed by atoms with E-state index in [1.54, 1.807) is 12.1 Å². The van der Waals surface area contributed by atoms with Crippen LogP contribution in [0.15, 0.2) is 42.5 Å². The molecule has 0 amide bonds. The first-order chi connectivity index (χ1) is 12.0. The summed E-state index contributed by atoms with van der Waals surface area (Å²) in [6, 6.07) is 12.8. The van der Waals surface area contributed by atoms with Gasteiger partial charge in [-0.3, -0.25) is 0 Å². The zero-order chi connectivity index (χ0) is 18.2. The molecule has 2 rings (SSSR count). The van der Waals surface area contributed by atoms with E-state index < -0.39 is 5.97 Å². The van der Waals surface area contributed by atoms with Crippen LogP contribution in [-0.4, -0.2) is 24.3 Å². The van der Waals surface area contributed by atoms with Crippen LogP contribution >= 0.6 is 0 Å². The second kappa shape index (κ2) is 8.92. The van der Waals surface area contributed by atoms with E-state index in [1.807, 2.05) is 50.2 Å². The summed E-state index contributed by atoms with van der Waals surface area (Å²) in [5.74, 6) is 0.594. The molecule has 0 heterocycles. The third-order valence-corrected chi connectivity index (χ3v) is 3.68. The Bertz CT molecular complexity index is 745. The summed E-state index contributed by atoms with van der Waals surface area (Å²) in [7, 11) is 0. The molecule has 0 radical (unpaired) electrons. The summed E-state index contributed by atoms with van der Waals surface area (Å²) in [6.07, 6.45) is 2.61. The molecule has 4 heteroatoms. The molecular formula is C21H24O4. The van der Waals surface area contributed by atoms with Crippen LogP contribution in [0, 0.1) is 6.92 Å². The quantitative estimate of drug-likeness (QED) is 0.553. The van der Waals surface area contributed by atoms with Gasteiger partial charge in [0.2, 0.25) is 0 Å². The van der Waals surface area contributed by atoms with Crippen molar-refractivity contribution in [3.05, 3.63) is 59.2 Å². The van der Waals surface area contributed by atoms with E-state index in [0.717, 1.165) is 29.0 Å². The number of aliphatic carboxylic acids is 1. The van der Waals surface area contributed by atoms with Crippen molar-refractivity contribution >= 4 is 17.6 Å². The largest absolute Gasteiger partial charge is 0.494 e. The molecule has 0 spiro atoms. The predicted octanol–water partition coefficient (Wildman–Crippen LogP) is 4.81. The number of benzene rings is 2. The first-order valence-corrected chi connectivity index (χ1v) is 8.46. The third-order valence-electron chi connectivity index (χ3n) is 3.68. The van der Waals surface area contributed by atoms with E-state index in [2.05, 4.69) is 6.92 Å². The minimum absolute atomic E-state index is 0.244. The Kier molecular flexibility index (Phi) is 6.63. The Hall–Kier alpha value is -2.75. The molecule has 0 unspecified atom stereocenters. The Morgan fingerprint density at radius 3 is 2.36 bits per heavy atom. The molecule has 0 aliphatic heterocycles. The van der Waals surface area contributed by atoms with Gasteiger partial charge in [-0.05, 0) is 67.3 Å². The zero-order valence-corrected chi connectivity index (χ0v) is 14.9. The van der Waals surface area contributed by atoms with Gasteiger partial charge in [0.25, 0.3) is 0 Å². The lowest BCUT2D eigenvalue weighted by molar-refractivity contribution is -0.130. The van der Waals surface area contributed by atoms with E-state index in [1.165, 1.54) is 0 Å². The highest BCUT2D eigenvalue weighted by atomic mass is 16.5. The SMILES string of the molecule is CCCOc1ccc(/C=C(\C(=O)O)c2ccc(OCC)c(C)c2)cc1. The second-order valence-electron chi connectivity index (χ2n) is 5.69. The molecule has 0 aliphatic carbocycles. The number of carbonyl (C=O) groups is 1. The summed E-state index contributed by atoms with van der Waals surface area (Å²) >= 11 is 0. The minimum Gasteiger partial charge on any atom is -0.494 e. The second-order valence-corrected chi connectivity index (χ2v) is 5.69. The molecule has 2 aromatic carbocycles. The van der Waals surface area contributed by atoms with Gasteiger partial charge in [-0.2, -0.15) is 0 Å². The number of carboxylic acids is 1. The topological polar surface area (TPSA) is 55.8 Å². The molecule has 0 atom stereocenters. The molecule has 0 aromatic heterocycles. The van der Waals surface area contributed by atoms with Crippen molar-refractivity contribution in [3.8, 4) is 11.5 Å². The fraction of sp³-hybridized carbons (Fsp3) is 0.286. The average molecular weight is 340 g/mol. The van der Waals surface area contributed by atoms with Gasteiger partial charge in [-0.25, -0.2) is 4.79 Å². The van der Waals surface area contributed by atoms with Crippen LogP contribution in [0.5, 0.6) is 11.5 Å². The van der Waals surface area contributed by atoms with Crippen molar-refractivity contribution in [2.24, 2.45) is 0 Å². The van der Waals surface area contributed by atoms with Gasteiger partial charge in [0.15, 0.2) is 0 Å². The van der Waals surface area contributed by atoms with E-state index in [0.29, 0.717) is 18.8 Å². The van der Waals surface area contributed by atoms with E-state index >= 15 is 0 Å². The summed E-state index contributed by atoms with van der Waals surface area (Å²) in [4.78, 5) is 11.7. The van der Waals surface area contributed by atoms with Crippen LogP contribution in [0.2, 0.25) is 0 Å². The summed E-state index contributed by atoms with van der Waals surface area (Å²) < 4.78 is 11.1. The number of ether oxygens (including phenoxy) is 2.